The summed E-state index contributed by atoms with van der Waals surface area (Å²) in [4.78, 5) is 53.0. The maximum atomic E-state index is 14.1. The van der Waals surface area contributed by atoms with Crippen LogP contribution in [-0.4, -0.2) is 56.9 Å². The molecule has 0 spiro atoms. The van der Waals surface area contributed by atoms with Gasteiger partial charge in [0.05, 0.1) is 18.6 Å². The number of hydrogen-bond acceptors (Lipinski definition) is 7. The maximum Gasteiger partial charge on any atom is 0.408 e. The normalized spacial score (nSPS) is 11.2. The number of ether oxygens (including phenoxy) is 2. The largest absolute Gasteiger partial charge is 0.489 e. The zero-order valence-corrected chi connectivity index (χ0v) is 26.5. The SMILES string of the molecule is O=C(CN(Cc1ccc(OCc2ccccc2)cc1)C(=O)C(Cc1c[nH]cn1)NC(=O)OCc1ccccc1)NCCc1ccccn1. The van der Waals surface area contributed by atoms with Crippen LogP contribution in [0.1, 0.15) is 28.1 Å². The third kappa shape index (κ3) is 10.8. The van der Waals surface area contributed by atoms with Gasteiger partial charge in [0.25, 0.3) is 0 Å². The van der Waals surface area contributed by atoms with Gasteiger partial charge < -0.3 is 30.0 Å². The van der Waals surface area contributed by atoms with Crippen molar-refractivity contribution < 1.29 is 23.9 Å². The summed E-state index contributed by atoms with van der Waals surface area (Å²) in [6, 6.07) is 31.0. The van der Waals surface area contributed by atoms with Crippen molar-refractivity contribution in [2.75, 3.05) is 13.1 Å². The van der Waals surface area contributed by atoms with E-state index < -0.39 is 18.0 Å². The molecule has 1 unspecified atom stereocenters. The number of aromatic nitrogens is 3. The Morgan fingerprint density at radius 2 is 1.48 bits per heavy atom. The van der Waals surface area contributed by atoms with Crippen LogP contribution in [0.3, 0.4) is 0 Å². The van der Waals surface area contributed by atoms with E-state index in [1.165, 1.54) is 11.2 Å². The van der Waals surface area contributed by atoms with Gasteiger partial charge >= 0.3 is 6.09 Å². The lowest BCUT2D eigenvalue weighted by atomic mass is 10.1. The smallest absolute Gasteiger partial charge is 0.408 e. The molecule has 48 heavy (non-hydrogen) atoms. The molecule has 0 fully saturated rings. The number of amides is 3. The highest BCUT2D eigenvalue weighted by Gasteiger charge is 2.29. The second-order valence-corrected chi connectivity index (χ2v) is 11.1. The number of nitrogens with zero attached hydrogens (tertiary/aromatic N) is 3. The van der Waals surface area contributed by atoms with Crippen LogP contribution in [0.4, 0.5) is 4.79 Å². The summed E-state index contributed by atoms with van der Waals surface area (Å²) >= 11 is 0. The maximum absolute atomic E-state index is 14.1. The van der Waals surface area contributed by atoms with Gasteiger partial charge in [-0.05, 0) is 41.0 Å². The number of alkyl carbamates (subject to hydrolysis) is 1. The number of pyridine rings is 1. The Morgan fingerprint density at radius 1 is 0.771 bits per heavy atom. The Balaban J connectivity index is 1.28. The first-order valence-electron chi connectivity index (χ1n) is 15.7. The van der Waals surface area contributed by atoms with Crippen LogP contribution in [0.2, 0.25) is 0 Å². The van der Waals surface area contributed by atoms with Crippen LogP contribution in [0, 0.1) is 0 Å². The molecule has 1 atom stereocenters. The summed E-state index contributed by atoms with van der Waals surface area (Å²) in [6.07, 6.45) is 4.73. The van der Waals surface area contributed by atoms with E-state index in [9.17, 15) is 14.4 Å². The van der Waals surface area contributed by atoms with Crippen LogP contribution < -0.4 is 15.4 Å². The predicted molar refractivity (Wildman–Crippen MR) is 179 cm³/mol. The Bertz CT molecular complexity index is 1700. The van der Waals surface area contributed by atoms with E-state index in [-0.39, 0.29) is 32.0 Å². The Morgan fingerprint density at radius 3 is 2.15 bits per heavy atom. The van der Waals surface area contributed by atoms with Crippen molar-refractivity contribution in [1.29, 1.82) is 0 Å². The topological polar surface area (TPSA) is 139 Å². The van der Waals surface area contributed by atoms with Gasteiger partial charge in [0.15, 0.2) is 0 Å². The molecule has 0 saturated carbocycles. The fourth-order valence-corrected chi connectivity index (χ4v) is 4.91. The van der Waals surface area contributed by atoms with Crippen LogP contribution in [0.15, 0.2) is 122 Å². The number of carbonyl (C=O) groups is 3. The minimum absolute atomic E-state index is 0.0388. The van der Waals surface area contributed by atoms with Gasteiger partial charge in [0.2, 0.25) is 11.8 Å². The molecule has 5 rings (SSSR count). The molecular weight excluding hydrogens is 608 g/mol. The molecule has 2 heterocycles. The molecule has 3 amide bonds. The third-order valence-corrected chi connectivity index (χ3v) is 7.39. The first-order chi connectivity index (χ1) is 23.5. The number of nitrogens with one attached hydrogen (secondary N) is 3. The summed E-state index contributed by atoms with van der Waals surface area (Å²) in [7, 11) is 0. The van der Waals surface area contributed by atoms with E-state index in [1.807, 2.05) is 103 Å². The van der Waals surface area contributed by atoms with Crippen LogP contribution >= 0.6 is 0 Å². The number of rotatable bonds is 16. The van der Waals surface area contributed by atoms with Crippen molar-refractivity contribution in [3.05, 3.63) is 150 Å². The summed E-state index contributed by atoms with van der Waals surface area (Å²) in [6.45, 7) is 0.696. The molecule has 0 bridgehead atoms. The van der Waals surface area contributed by atoms with E-state index in [0.717, 1.165) is 22.4 Å². The number of aromatic amines is 1. The molecule has 3 aromatic carbocycles. The minimum atomic E-state index is -1.05. The van der Waals surface area contributed by atoms with Gasteiger partial charge in [0.1, 0.15) is 25.0 Å². The van der Waals surface area contributed by atoms with Crippen molar-refractivity contribution in [3.63, 3.8) is 0 Å². The molecule has 246 valence electrons. The van der Waals surface area contributed by atoms with Crippen LogP contribution in [-0.2, 0) is 46.9 Å². The van der Waals surface area contributed by atoms with Crippen molar-refractivity contribution in [3.8, 4) is 5.75 Å². The van der Waals surface area contributed by atoms with E-state index in [0.29, 0.717) is 31.0 Å². The number of H-pyrrole nitrogens is 1. The van der Waals surface area contributed by atoms with Crippen LogP contribution in [0.5, 0.6) is 5.75 Å². The average molecular weight is 647 g/mol. The van der Waals surface area contributed by atoms with Crippen LogP contribution in [0.25, 0.3) is 0 Å². The lowest BCUT2D eigenvalue weighted by molar-refractivity contribution is -0.138. The van der Waals surface area contributed by atoms with E-state index in [2.05, 4.69) is 25.6 Å². The monoisotopic (exact) mass is 646 g/mol. The quantitative estimate of drug-likeness (QED) is 0.142. The van der Waals surface area contributed by atoms with Gasteiger partial charge in [0, 0.05) is 44.0 Å². The highest BCUT2D eigenvalue weighted by molar-refractivity contribution is 5.89. The average Bonchev–Trinajstić information content (AvgIpc) is 3.64. The predicted octanol–water partition coefficient (Wildman–Crippen LogP) is 4.61. The molecule has 0 aliphatic carbocycles. The number of carbonyl (C=O) groups excluding carboxylic acids is 3. The second-order valence-electron chi connectivity index (χ2n) is 11.1. The molecule has 0 aliphatic rings. The minimum Gasteiger partial charge on any atom is -0.489 e. The first kappa shape index (κ1) is 33.4. The number of benzene rings is 3. The zero-order chi connectivity index (χ0) is 33.4. The van der Waals surface area contributed by atoms with Gasteiger partial charge in [-0.2, -0.15) is 0 Å². The Labute approximate surface area is 279 Å². The van der Waals surface area contributed by atoms with E-state index in [4.69, 9.17) is 9.47 Å². The van der Waals surface area contributed by atoms with Crippen molar-refractivity contribution >= 4 is 17.9 Å². The molecule has 11 heteroatoms. The Hall–Kier alpha value is -5.97. The highest BCUT2D eigenvalue weighted by Crippen LogP contribution is 2.17. The van der Waals surface area contributed by atoms with Crippen molar-refractivity contribution in [2.45, 2.75) is 38.6 Å². The summed E-state index contributed by atoms with van der Waals surface area (Å²) in [5.74, 6) is -0.127. The lowest BCUT2D eigenvalue weighted by Gasteiger charge is -2.27. The van der Waals surface area contributed by atoms with Gasteiger partial charge in [-0.1, -0.05) is 78.9 Å². The molecule has 5 aromatic rings. The third-order valence-electron chi connectivity index (χ3n) is 7.39. The molecule has 11 nitrogen and oxygen atoms in total. The first-order valence-corrected chi connectivity index (χ1v) is 15.7. The Kier molecular flexibility index (Phi) is 12.3. The molecule has 2 aromatic heterocycles. The highest BCUT2D eigenvalue weighted by atomic mass is 16.5. The summed E-state index contributed by atoms with van der Waals surface area (Å²) in [5.41, 5.74) is 4.05. The summed E-state index contributed by atoms with van der Waals surface area (Å²) in [5, 5.41) is 5.59. The zero-order valence-electron chi connectivity index (χ0n) is 26.5. The number of hydrogen-bond donors (Lipinski definition) is 3. The second kappa shape index (κ2) is 17.7. The molecule has 3 N–H and O–H groups in total. The molecule has 0 radical (unpaired) electrons. The van der Waals surface area contributed by atoms with Crippen molar-refractivity contribution in [1.82, 2.24) is 30.5 Å². The standard InChI is InChI=1S/C37H38N6O5/c44-35(40-20-18-31-13-7-8-19-39-31)24-43(23-28-14-16-33(17-15-28)47-25-29-9-3-1-4-10-29)36(45)34(21-32-22-38-27-41-32)42-37(46)48-26-30-11-5-2-6-12-30/h1-17,19,22,27,34H,18,20-21,23-26H2,(H,38,41)(H,40,44)(H,42,46). The van der Waals surface area contributed by atoms with E-state index >= 15 is 0 Å². The fourth-order valence-electron chi connectivity index (χ4n) is 4.91. The fraction of sp³-hybridized carbons (Fsp3) is 0.216. The van der Waals surface area contributed by atoms with Gasteiger partial charge in [-0.3, -0.25) is 14.6 Å². The van der Waals surface area contributed by atoms with E-state index in [1.54, 1.807) is 12.4 Å². The summed E-state index contributed by atoms with van der Waals surface area (Å²) < 4.78 is 11.3. The van der Waals surface area contributed by atoms with Crippen molar-refractivity contribution in [2.24, 2.45) is 0 Å². The lowest BCUT2D eigenvalue weighted by Crippen LogP contribution is -2.52. The molecule has 0 aliphatic heterocycles. The van der Waals surface area contributed by atoms with Gasteiger partial charge in [-0.25, -0.2) is 9.78 Å². The molecular formula is C37H38N6O5. The van der Waals surface area contributed by atoms with Gasteiger partial charge in [-0.15, -0.1) is 0 Å². The number of imidazole rings is 1. The molecule has 0 saturated heterocycles.